The van der Waals surface area contributed by atoms with Gasteiger partial charge in [-0.3, -0.25) is 4.79 Å². The quantitative estimate of drug-likeness (QED) is 0.535. The van der Waals surface area contributed by atoms with Gasteiger partial charge >= 0.3 is 6.18 Å². The summed E-state index contributed by atoms with van der Waals surface area (Å²) in [5.41, 5.74) is -1.05. The molecule has 2 aromatic heterocycles. The van der Waals surface area contributed by atoms with Gasteiger partial charge in [0.2, 0.25) is 5.95 Å². The van der Waals surface area contributed by atoms with E-state index in [4.69, 9.17) is 0 Å². The molecule has 108 valence electrons. The maximum absolute atomic E-state index is 13.2. The summed E-state index contributed by atoms with van der Waals surface area (Å²) in [6.45, 7) is 0.0362. The number of hydrogen-bond acceptors (Lipinski definition) is 4. The molecule has 0 atom stereocenters. The molecule has 0 saturated carbocycles. The van der Waals surface area contributed by atoms with E-state index in [1.165, 1.54) is 12.1 Å². The van der Waals surface area contributed by atoms with Gasteiger partial charge in [0.1, 0.15) is 5.82 Å². The smallest absolute Gasteiger partial charge is 0.365 e. The molecule has 1 N–H and O–H groups in total. The number of alkyl halides is 3. The number of rotatable bonds is 4. The Hall–Kier alpha value is -2.69. The van der Waals surface area contributed by atoms with Crippen LogP contribution in [0.4, 0.5) is 23.4 Å². The summed E-state index contributed by atoms with van der Waals surface area (Å²) in [6, 6.07) is 6.81. The molecule has 4 nitrogen and oxygen atoms in total. The van der Waals surface area contributed by atoms with E-state index in [-0.39, 0.29) is 17.9 Å². The molecule has 0 aliphatic rings. The van der Waals surface area contributed by atoms with Crippen molar-refractivity contribution in [2.24, 2.45) is 0 Å². The first-order chi connectivity index (χ1) is 9.90. The fourth-order valence-electron chi connectivity index (χ4n) is 1.40. The molecule has 0 spiro atoms. The fraction of sp³-hybridized carbons (Fsp3) is 0.154. The van der Waals surface area contributed by atoms with Crippen LogP contribution in [0, 0.1) is 18.1 Å². The van der Waals surface area contributed by atoms with Crippen LogP contribution in [0.2, 0.25) is 0 Å². The predicted octanol–water partition coefficient (Wildman–Crippen LogP) is 2.66. The van der Waals surface area contributed by atoms with Crippen LogP contribution in [0.15, 0.2) is 18.3 Å². The summed E-state index contributed by atoms with van der Waals surface area (Å²) < 4.78 is 50.1. The number of halogens is 4. The number of carbonyl (C=O) groups excluding carboxylic acids is 1. The molecule has 0 saturated heterocycles. The first-order valence-corrected chi connectivity index (χ1v) is 5.62. The molecular formula is C13H7F4N3O. The first kappa shape index (κ1) is 14.7. The summed E-state index contributed by atoms with van der Waals surface area (Å²) in [6.07, 6.45) is -3.26. The summed E-state index contributed by atoms with van der Waals surface area (Å²) in [7, 11) is 0. The van der Waals surface area contributed by atoms with Crippen LogP contribution in [0.1, 0.15) is 21.6 Å². The normalized spacial score (nSPS) is 10.9. The Bertz CT molecular complexity index is 641. The number of nitrogens with zero attached hydrogens (tertiary/aromatic N) is 2. The molecule has 0 aliphatic heterocycles. The lowest BCUT2D eigenvalue weighted by molar-refractivity contribution is -0.141. The molecular weight excluding hydrogens is 290 g/mol. The number of aromatic nitrogens is 2. The zero-order chi connectivity index (χ0) is 15.5. The van der Waals surface area contributed by atoms with Gasteiger partial charge in [-0.05, 0) is 18.2 Å². The van der Waals surface area contributed by atoms with E-state index in [0.29, 0.717) is 11.8 Å². The third-order valence-electron chi connectivity index (χ3n) is 2.42. The molecule has 0 fully saturated rings. The number of hydrogen-bond donors (Lipinski definition) is 1. The minimum atomic E-state index is -4.57. The van der Waals surface area contributed by atoms with Crippen molar-refractivity contribution in [3.05, 3.63) is 53.2 Å². The molecule has 0 aromatic carbocycles. The molecule has 0 bridgehead atoms. The van der Waals surface area contributed by atoms with Crippen LogP contribution in [0.5, 0.6) is 0 Å². The molecule has 0 amide bonds. The van der Waals surface area contributed by atoms with Crippen LogP contribution in [-0.4, -0.2) is 16.3 Å². The van der Waals surface area contributed by atoms with Crippen molar-refractivity contribution in [2.75, 3.05) is 5.32 Å². The largest absolute Gasteiger partial charge is 0.441 e. The number of pyridine rings is 1. The second-order valence-corrected chi connectivity index (χ2v) is 3.93. The van der Waals surface area contributed by atoms with Gasteiger partial charge in [0, 0.05) is 11.8 Å². The Morgan fingerprint density at radius 2 is 2.05 bits per heavy atom. The van der Waals surface area contributed by atoms with Gasteiger partial charge in [-0.2, -0.15) is 17.6 Å². The maximum atomic E-state index is 13.2. The van der Waals surface area contributed by atoms with Gasteiger partial charge in [0.05, 0.1) is 12.1 Å². The van der Waals surface area contributed by atoms with Crippen molar-refractivity contribution in [3.63, 3.8) is 0 Å². The van der Waals surface area contributed by atoms with E-state index in [1.807, 2.05) is 6.07 Å². The monoisotopic (exact) mass is 297 g/mol. The van der Waals surface area contributed by atoms with Crippen LogP contribution >= 0.6 is 0 Å². The van der Waals surface area contributed by atoms with Crippen LogP contribution in [0.3, 0.4) is 0 Å². The summed E-state index contributed by atoms with van der Waals surface area (Å²) in [4.78, 5) is 17.1. The van der Waals surface area contributed by atoms with Gasteiger partial charge in [-0.1, -0.05) is 6.07 Å². The number of aldehydes is 1. The second-order valence-electron chi connectivity index (χ2n) is 3.93. The van der Waals surface area contributed by atoms with Crippen LogP contribution in [0.25, 0.3) is 0 Å². The van der Waals surface area contributed by atoms with Gasteiger partial charge in [0.25, 0.3) is 0 Å². The Balaban J connectivity index is 2.03. The SMILES string of the molecule is O=Cc1ccc(NCc2c#cc(C(F)(F)F)nc2)nc1F. The van der Waals surface area contributed by atoms with Gasteiger partial charge in [-0.15, -0.1) is 0 Å². The van der Waals surface area contributed by atoms with E-state index in [9.17, 15) is 22.4 Å². The summed E-state index contributed by atoms with van der Waals surface area (Å²) in [5, 5.41) is 2.67. The topological polar surface area (TPSA) is 54.9 Å². The van der Waals surface area contributed by atoms with E-state index < -0.39 is 17.8 Å². The van der Waals surface area contributed by atoms with Gasteiger partial charge < -0.3 is 5.32 Å². The van der Waals surface area contributed by atoms with E-state index in [1.54, 1.807) is 0 Å². The third-order valence-corrected chi connectivity index (χ3v) is 2.42. The molecule has 21 heavy (non-hydrogen) atoms. The molecule has 2 aromatic rings. The minimum absolute atomic E-state index is 0.0362. The predicted molar refractivity (Wildman–Crippen MR) is 63.8 cm³/mol. The number of carbonyl (C=O) groups is 1. The third kappa shape index (κ3) is 3.66. The molecule has 8 heteroatoms. The minimum Gasteiger partial charge on any atom is -0.365 e. The highest BCUT2D eigenvalue weighted by Crippen LogP contribution is 2.25. The Kier molecular flexibility index (Phi) is 4.03. The van der Waals surface area contributed by atoms with Crippen LogP contribution in [-0.2, 0) is 12.7 Å². The van der Waals surface area contributed by atoms with Crippen molar-refractivity contribution in [2.45, 2.75) is 12.7 Å². The summed E-state index contributed by atoms with van der Waals surface area (Å²) >= 11 is 0. The van der Waals surface area contributed by atoms with Crippen LogP contribution < -0.4 is 5.32 Å². The van der Waals surface area contributed by atoms with E-state index in [0.717, 1.165) is 6.20 Å². The lowest BCUT2D eigenvalue weighted by Gasteiger charge is -2.05. The Labute approximate surface area is 116 Å². The maximum Gasteiger partial charge on any atom is 0.441 e. The van der Waals surface area contributed by atoms with E-state index in [2.05, 4.69) is 21.4 Å². The van der Waals surface area contributed by atoms with Crippen molar-refractivity contribution >= 4 is 12.1 Å². The average Bonchev–Trinajstić information content (AvgIpc) is 2.45. The number of anilines is 1. The second kappa shape index (κ2) is 5.75. The fourth-order valence-corrected chi connectivity index (χ4v) is 1.40. The van der Waals surface area contributed by atoms with Gasteiger partial charge in [0.15, 0.2) is 12.0 Å². The Morgan fingerprint density at radius 3 is 2.57 bits per heavy atom. The lowest BCUT2D eigenvalue weighted by atomic mass is 10.3. The average molecular weight is 297 g/mol. The van der Waals surface area contributed by atoms with Crippen molar-refractivity contribution in [1.82, 2.24) is 9.97 Å². The molecule has 0 aliphatic carbocycles. The highest BCUT2D eigenvalue weighted by Gasteiger charge is 2.32. The highest BCUT2D eigenvalue weighted by atomic mass is 19.4. The van der Waals surface area contributed by atoms with Crippen molar-refractivity contribution in [3.8, 4) is 0 Å². The number of nitrogens with one attached hydrogen (secondary N) is 1. The van der Waals surface area contributed by atoms with Gasteiger partial charge in [-0.25, -0.2) is 9.97 Å². The Morgan fingerprint density at radius 1 is 1.29 bits per heavy atom. The summed E-state index contributed by atoms with van der Waals surface area (Å²) in [5.74, 6) is -0.803. The zero-order valence-corrected chi connectivity index (χ0v) is 10.3. The molecule has 2 rings (SSSR count). The lowest BCUT2D eigenvalue weighted by Crippen LogP contribution is -2.08. The van der Waals surface area contributed by atoms with E-state index >= 15 is 0 Å². The molecule has 0 radical (unpaired) electrons. The standard InChI is InChI=1S/C13H7F4N3O/c14-12-9(7-21)2-4-11(20-12)19-6-8-1-3-10(18-5-8)13(15,16)17/h2,4-5,7H,6H2,(H,19,20). The molecule has 0 unspecified atom stereocenters. The van der Waals surface area contributed by atoms with Crippen molar-refractivity contribution in [1.29, 1.82) is 0 Å². The van der Waals surface area contributed by atoms with Crippen molar-refractivity contribution < 1.29 is 22.4 Å². The first-order valence-electron chi connectivity index (χ1n) is 5.62. The highest BCUT2D eigenvalue weighted by molar-refractivity contribution is 5.74. The zero-order valence-electron chi connectivity index (χ0n) is 10.3. The molecule has 2 heterocycles.